The highest BCUT2D eigenvalue weighted by molar-refractivity contribution is 7.98. The lowest BCUT2D eigenvalue weighted by Crippen LogP contribution is -2.58. The molecule has 204 valence electrons. The maximum Gasteiger partial charge on any atom is 0.326 e. The molecule has 0 aliphatic heterocycles. The van der Waals surface area contributed by atoms with Crippen LogP contribution >= 0.6 is 11.8 Å². The molecule has 4 unspecified atom stereocenters. The molecule has 0 spiro atoms. The van der Waals surface area contributed by atoms with Crippen molar-refractivity contribution in [3.8, 4) is 5.75 Å². The van der Waals surface area contributed by atoms with Crippen molar-refractivity contribution in [3.63, 3.8) is 0 Å². The van der Waals surface area contributed by atoms with Crippen LogP contribution in [0.2, 0.25) is 0 Å². The third-order valence-electron chi connectivity index (χ3n) is 5.00. The minimum Gasteiger partial charge on any atom is -0.508 e. The van der Waals surface area contributed by atoms with Gasteiger partial charge in [0.1, 0.15) is 23.9 Å². The Hall–Kier alpha value is -3.85. The number of thioether (sulfide) groups is 1. The molecule has 10 N–H and O–H groups in total. The third kappa shape index (κ3) is 11.6. The van der Waals surface area contributed by atoms with Crippen LogP contribution in [0.4, 0.5) is 0 Å². The van der Waals surface area contributed by atoms with E-state index in [1.54, 1.807) is 6.26 Å². The Labute approximate surface area is 216 Å². The van der Waals surface area contributed by atoms with E-state index in [1.165, 1.54) is 36.0 Å². The summed E-state index contributed by atoms with van der Waals surface area (Å²) in [6.45, 7) is 0. The van der Waals surface area contributed by atoms with E-state index < -0.39 is 72.6 Å². The number of aromatic hydroxyl groups is 1. The number of benzene rings is 1. The second-order valence-electron chi connectivity index (χ2n) is 8.05. The van der Waals surface area contributed by atoms with E-state index in [-0.39, 0.29) is 18.6 Å². The van der Waals surface area contributed by atoms with Gasteiger partial charge in [0, 0.05) is 6.42 Å². The Morgan fingerprint density at radius 2 is 1.41 bits per heavy atom. The summed E-state index contributed by atoms with van der Waals surface area (Å²) >= 11 is 1.38. The summed E-state index contributed by atoms with van der Waals surface area (Å²) in [6.07, 6.45) is 0.402. The first-order valence-electron chi connectivity index (χ1n) is 11.0. The second kappa shape index (κ2) is 15.3. The summed E-state index contributed by atoms with van der Waals surface area (Å²) in [5.74, 6) is -6.06. The van der Waals surface area contributed by atoms with Gasteiger partial charge in [-0.3, -0.25) is 24.0 Å². The first-order chi connectivity index (χ1) is 17.3. The van der Waals surface area contributed by atoms with Crippen molar-refractivity contribution in [2.75, 3.05) is 12.0 Å². The molecule has 0 saturated heterocycles. The number of carbonyl (C=O) groups excluding carboxylic acids is 4. The number of phenols is 1. The van der Waals surface area contributed by atoms with Crippen LogP contribution in [0.1, 0.15) is 24.8 Å². The fourth-order valence-electron chi connectivity index (χ4n) is 3.09. The topological polar surface area (TPSA) is 251 Å². The zero-order valence-corrected chi connectivity index (χ0v) is 20.8. The number of carbonyl (C=O) groups is 6. The van der Waals surface area contributed by atoms with Crippen molar-refractivity contribution in [2.24, 2.45) is 11.5 Å². The minimum atomic E-state index is -1.76. The molecule has 0 heterocycles. The lowest BCUT2D eigenvalue weighted by molar-refractivity contribution is -0.147. The molecular weight excluding hydrogens is 510 g/mol. The van der Waals surface area contributed by atoms with Gasteiger partial charge in [0.05, 0.1) is 18.9 Å². The summed E-state index contributed by atoms with van der Waals surface area (Å²) in [4.78, 5) is 71.9. The molecule has 1 aromatic rings. The fraction of sp³-hybridized carbons (Fsp3) is 0.455. The van der Waals surface area contributed by atoms with Crippen LogP contribution in [0.15, 0.2) is 24.3 Å². The summed E-state index contributed by atoms with van der Waals surface area (Å²) in [7, 11) is 0. The van der Waals surface area contributed by atoms with Crippen LogP contribution < -0.4 is 27.4 Å². The normalized spacial score (nSPS) is 13.9. The Morgan fingerprint density at radius 3 is 1.92 bits per heavy atom. The van der Waals surface area contributed by atoms with Gasteiger partial charge in [0.25, 0.3) is 0 Å². The van der Waals surface area contributed by atoms with Crippen LogP contribution in [0.3, 0.4) is 0 Å². The highest BCUT2D eigenvalue weighted by atomic mass is 32.2. The number of nitrogens with one attached hydrogen (secondary N) is 3. The van der Waals surface area contributed by atoms with Gasteiger partial charge in [-0.2, -0.15) is 11.8 Å². The number of primary amides is 1. The number of hydrogen-bond donors (Lipinski definition) is 8. The molecule has 14 nitrogen and oxygen atoms in total. The number of phenolic OH excluding ortho intramolecular Hbond substituents is 1. The van der Waals surface area contributed by atoms with Crippen molar-refractivity contribution in [1.82, 2.24) is 16.0 Å². The molecule has 4 atom stereocenters. The Bertz CT molecular complexity index is 989. The second-order valence-corrected chi connectivity index (χ2v) is 9.03. The zero-order chi connectivity index (χ0) is 28.1. The molecule has 1 aromatic carbocycles. The molecular formula is C22H31N5O9S. The summed E-state index contributed by atoms with van der Waals surface area (Å²) in [5, 5.41) is 34.7. The summed E-state index contributed by atoms with van der Waals surface area (Å²) < 4.78 is 0. The predicted molar refractivity (Wildman–Crippen MR) is 132 cm³/mol. The number of carboxylic acid groups (broad SMARTS) is 2. The maximum atomic E-state index is 13.1. The zero-order valence-electron chi connectivity index (χ0n) is 20.0. The molecule has 0 aliphatic carbocycles. The minimum absolute atomic E-state index is 0.0478. The van der Waals surface area contributed by atoms with Crippen molar-refractivity contribution < 1.29 is 44.1 Å². The molecule has 4 amide bonds. The molecule has 0 aliphatic rings. The third-order valence-corrected chi connectivity index (χ3v) is 5.65. The van der Waals surface area contributed by atoms with Gasteiger partial charge in [0.15, 0.2) is 0 Å². The van der Waals surface area contributed by atoms with Crippen LogP contribution in [0.25, 0.3) is 0 Å². The van der Waals surface area contributed by atoms with E-state index in [0.717, 1.165) is 0 Å². The van der Waals surface area contributed by atoms with Crippen LogP contribution in [-0.4, -0.2) is 87.1 Å². The van der Waals surface area contributed by atoms with E-state index in [0.29, 0.717) is 11.3 Å². The largest absolute Gasteiger partial charge is 0.508 e. The Balaban J connectivity index is 3.15. The SMILES string of the molecule is CSCCC(NC(=O)C(N)CC(N)=O)C(=O)NC(Cc1ccc(O)cc1)C(=O)NC(CC(=O)O)C(=O)O. The van der Waals surface area contributed by atoms with Crippen molar-refractivity contribution in [3.05, 3.63) is 29.8 Å². The predicted octanol–water partition coefficient (Wildman–Crippen LogP) is -2.10. The summed E-state index contributed by atoms with van der Waals surface area (Å²) in [5.41, 5.74) is 11.2. The lowest BCUT2D eigenvalue weighted by Gasteiger charge is -2.25. The Morgan fingerprint density at radius 1 is 0.865 bits per heavy atom. The van der Waals surface area contributed by atoms with E-state index in [9.17, 15) is 39.0 Å². The summed E-state index contributed by atoms with van der Waals surface area (Å²) in [6, 6.07) is 0.0428. The highest BCUT2D eigenvalue weighted by Crippen LogP contribution is 2.12. The van der Waals surface area contributed by atoms with Crippen molar-refractivity contribution in [1.29, 1.82) is 0 Å². The van der Waals surface area contributed by atoms with Crippen LogP contribution in [-0.2, 0) is 35.2 Å². The van der Waals surface area contributed by atoms with Crippen LogP contribution in [0, 0.1) is 0 Å². The molecule has 0 fully saturated rings. The van der Waals surface area contributed by atoms with Gasteiger partial charge in [-0.15, -0.1) is 0 Å². The Kier molecular flexibility index (Phi) is 12.9. The van der Waals surface area contributed by atoms with Gasteiger partial charge >= 0.3 is 11.9 Å². The first kappa shape index (κ1) is 31.2. The average molecular weight is 542 g/mol. The molecule has 0 saturated carbocycles. The fourth-order valence-corrected chi connectivity index (χ4v) is 3.56. The van der Waals surface area contributed by atoms with Gasteiger partial charge in [0.2, 0.25) is 23.6 Å². The van der Waals surface area contributed by atoms with Gasteiger partial charge in [-0.1, -0.05) is 12.1 Å². The first-order valence-corrected chi connectivity index (χ1v) is 12.4. The molecule has 0 aromatic heterocycles. The number of hydrogen-bond acceptors (Lipinski definition) is 9. The monoisotopic (exact) mass is 541 g/mol. The molecule has 0 bridgehead atoms. The molecule has 0 radical (unpaired) electrons. The van der Waals surface area contributed by atoms with E-state index in [1.807, 2.05) is 0 Å². The molecule has 1 rings (SSSR count). The molecule has 15 heteroatoms. The van der Waals surface area contributed by atoms with E-state index >= 15 is 0 Å². The van der Waals surface area contributed by atoms with Crippen molar-refractivity contribution >= 4 is 47.3 Å². The smallest absolute Gasteiger partial charge is 0.326 e. The highest BCUT2D eigenvalue weighted by Gasteiger charge is 2.31. The van der Waals surface area contributed by atoms with E-state index in [4.69, 9.17) is 16.6 Å². The standard InChI is InChI=1S/C22H31N5O9S/c1-37-7-6-14(25-19(32)13(23)9-17(24)29)20(33)26-15(8-11-2-4-12(28)5-3-11)21(34)27-16(22(35)36)10-18(30)31/h2-5,13-16,28H,6-10,23H2,1H3,(H2,24,29)(H,25,32)(H,26,33)(H,27,34)(H,30,31)(H,35,36). The number of amides is 4. The van der Waals surface area contributed by atoms with E-state index in [2.05, 4.69) is 16.0 Å². The number of aliphatic carboxylic acids is 2. The average Bonchev–Trinajstić information content (AvgIpc) is 2.81. The number of carboxylic acids is 2. The van der Waals surface area contributed by atoms with Gasteiger partial charge in [-0.25, -0.2) is 4.79 Å². The maximum absolute atomic E-state index is 13.1. The molecule has 37 heavy (non-hydrogen) atoms. The van der Waals surface area contributed by atoms with Gasteiger partial charge in [-0.05, 0) is 36.1 Å². The lowest BCUT2D eigenvalue weighted by atomic mass is 10.0. The number of nitrogens with two attached hydrogens (primary N) is 2. The number of rotatable bonds is 16. The van der Waals surface area contributed by atoms with Crippen LogP contribution in [0.5, 0.6) is 5.75 Å². The quantitative estimate of drug-likeness (QED) is 0.112. The van der Waals surface area contributed by atoms with Gasteiger partial charge < -0.3 is 42.7 Å². The van der Waals surface area contributed by atoms with Crippen molar-refractivity contribution in [2.45, 2.75) is 49.9 Å².